The highest BCUT2D eigenvalue weighted by molar-refractivity contribution is 5.80. The first-order valence-electron chi connectivity index (χ1n) is 16.7. The maximum atomic E-state index is 12.6. The van der Waals surface area contributed by atoms with E-state index in [1.165, 1.54) is 103 Å². The molecular weight excluding hydrogens is 474 g/mol. The molecule has 1 rings (SSSR count). The molecule has 0 aromatic rings. The molecule has 38 heavy (non-hydrogen) atoms. The van der Waals surface area contributed by atoms with E-state index in [4.69, 9.17) is 9.57 Å². The molecule has 0 aromatic carbocycles. The van der Waals surface area contributed by atoms with Crippen molar-refractivity contribution in [1.29, 1.82) is 0 Å². The highest BCUT2D eigenvalue weighted by Crippen LogP contribution is 2.17. The molecule has 1 aliphatic rings. The molecule has 224 valence electrons. The Morgan fingerprint density at radius 3 is 1.58 bits per heavy atom. The number of unbranched alkanes of at least 4 members (excludes halogenated alkanes) is 18. The minimum absolute atomic E-state index is 0.0420. The Hall–Kier alpha value is -0.940. The average Bonchev–Trinajstić information content (AvgIpc) is 3.43. The maximum Gasteiger partial charge on any atom is 0.306 e. The van der Waals surface area contributed by atoms with Gasteiger partial charge >= 0.3 is 5.97 Å². The van der Waals surface area contributed by atoms with Gasteiger partial charge in [0.15, 0.2) is 5.78 Å². The van der Waals surface area contributed by atoms with E-state index in [9.17, 15) is 9.59 Å². The molecule has 5 heteroatoms. The minimum Gasteiger partial charge on any atom is -0.462 e. The zero-order chi connectivity index (χ0) is 27.5. The standard InChI is InChI=1S/C33H63NO4/c1-3-5-7-9-11-13-14-16-18-20-22-26-33(36)38-32(25-21-19-17-15-12-10-8-6-4-2)29-31(35)30-37-34-27-23-24-28-34/h32H,3-30H2,1-2H3/t32-/m1/s1. The third kappa shape index (κ3) is 21.9. The van der Waals surface area contributed by atoms with Crippen molar-refractivity contribution in [3.63, 3.8) is 0 Å². The summed E-state index contributed by atoms with van der Waals surface area (Å²) in [5.74, 6) is -0.0876. The van der Waals surface area contributed by atoms with Crippen molar-refractivity contribution in [1.82, 2.24) is 5.06 Å². The predicted molar refractivity (Wildman–Crippen MR) is 159 cm³/mol. The second-order valence-corrected chi connectivity index (χ2v) is 11.7. The van der Waals surface area contributed by atoms with Crippen LogP contribution in [0.1, 0.15) is 174 Å². The van der Waals surface area contributed by atoms with E-state index < -0.39 is 0 Å². The fraction of sp³-hybridized carbons (Fsp3) is 0.939. The summed E-state index contributed by atoms with van der Waals surface area (Å²) in [6.07, 6.45) is 28.8. The van der Waals surface area contributed by atoms with Crippen LogP contribution in [-0.2, 0) is 19.2 Å². The second-order valence-electron chi connectivity index (χ2n) is 11.7. The number of nitrogens with zero attached hydrogens (tertiary/aromatic N) is 1. The summed E-state index contributed by atoms with van der Waals surface area (Å²) in [5.41, 5.74) is 0. The Kier molecular flexibility index (Phi) is 24.3. The van der Waals surface area contributed by atoms with Crippen LogP contribution in [0.15, 0.2) is 0 Å². The molecule has 0 N–H and O–H groups in total. The summed E-state index contributed by atoms with van der Waals surface area (Å²) >= 11 is 0. The molecule has 1 fully saturated rings. The summed E-state index contributed by atoms with van der Waals surface area (Å²) in [7, 11) is 0. The van der Waals surface area contributed by atoms with Gasteiger partial charge in [0.25, 0.3) is 0 Å². The van der Waals surface area contributed by atoms with Crippen LogP contribution in [-0.4, -0.2) is 42.6 Å². The van der Waals surface area contributed by atoms with Gasteiger partial charge in [0.1, 0.15) is 12.7 Å². The summed E-state index contributed by atoms with van der Waals surface area (Å²) in [5, 5.41) is 1.89. The number of esters is 1. The van der Waals surface area contributed by atoms with Gasteiger partial charge in [0, 0.05) is 25.9 Å². The van der Waals surface area contributed by atoms with Crippen LogP contribution < -0.4 is 0 Å². The van der Waals surface area contributed by atoms with Crippen LogP contribution in [0.4, 0.5) is 0 Å². The first kappa shape index (κ1) is 35.1. The Labute approximate surface area is 236 Å². The summed E-state index contributed by atoms with van der Waals surface area (Å²) in [4.78, 5) is 30.8. The van der Waals surface area contributed by atoms with Crippen molar-refractivity contribution in [3.8, 4) is 0 Å². The number of Topliss-reactive ketones (excluding diaryl/α,β-unsaturated/α-hetero) is 1. The van der Waals surface area contributed by atoms with Gasteiger partial charge in [-0.1, -0.05) is 129 Å². The van der Waals surface area contributed by atoms with Gasteiger partial charge < -0.3 is 4.74 Å². The lowest BCUT2D eigenvalue weighted by Crippen LogP contribution is -2.27. The van der Waals surface area contributed by atoms with Gasteiger partial charge in [0.2, 0.25) is 0 Å². The summed E-state index contributed by atoms with van der Waals surface area (Å²) in [6, 6.07) is 0. The topological polar surface area (TPSA) is 55.8 Å². The maximum absolute atomic E-state index is 12.6. The van der Waals surface area contributed by atoms with E-state index in [1.54, 1.807) is 0 Å². The van der Waals surface area contributed by atoms with Crippen LogP contribution in [0.2, 0.25) is 0 Å². The fourth-order valence-electron chi connectivity index (χ4n) is 5.36. The van der Waals surface area contributed by atoms with E-state index in [0.717, 1.165) is 58.0 Å². The average molecular weight is 538 g/mol. The number of carbonyl (C=O) groups is 2. The molecular formula is C33H63NO4. The zero-order valence-corrected chi connectivity index (χ0v) is 25.5. The summed E-state index contributed by atoms with van der Waals surface area (Å²) < 4.78 is 5.83. The monoisotopic (exact) mass is 537 g/mol. The van der Waals surface area contributed by atoms with Crippen LogP contribution in [0, 0.1) is 0 Å². The van der Waals surface area contributed by atoms with Crippen LogP contribution in [0.3, 0.4) is 0 Å². The Bertz CT molecular complexity index is 547. The third-order valence-corrected chi connectivity index (χ3v) is 7.84. The molecule has 1 saturated heterocycles. The molecule has 0 radical (unpaired) electrons. The van der Waals surface area contributed by atoms with Crippen molar-refractivity contribution < 1.29 is 19.2 Å². The van der Waals surface area contributed by atoms with Crippen LogP contribution >= 0.6 is 0 Å². The van der Waals surface area contributed by atoms with Gasteiger partial charge in [-0.25, -0.2) is 0 Å². The Morgan fingerprint density at radius 1 is 0.632 bits per heavy atom. The second kappa shape index (κ2) is 26.3. The molecule has 0 unspecified atom stereocenters. The van der Waals surface area contributed by atoms with Crippen molar-refractivity contribution in [2.24, 2.45) is 0 Å². The van der Waals surface area contributed by atoms with E-state index in [2.05, 4.69) is 13.8 Å². The van der Waals surface area contributed by atoms with Gasteiger partial charge in [0.05, 0.1) is 0 Å². The van der Waals surface area contributed by atoms with Gasteiger partial charge in [-0.05, 0) is 32.1 Å². The van der Waals surface area contributed by atoms with E-state index in [0.29, 0.717) is 6.42 Å². The van der Waals surface area contributed by atoms with Crippen molar-refractivity contribution in [3.05, 3.63) is 0 Å². The number of rotatable bonds is 28. The van der Waals surface area contributed by atoms with E-state index in [-0.39, 0.29) is 30.9 Å². The number of hydroxylamine groups is 2. The van der Waals surface area contributed by atoms with Gasteiger partial charge in [-0.15, -0.1) is 0 Å². The van der Waals surface area contributed by atoms with Crippen molar-refractivity contribution in [2.75, 3.05) is 19.7 Å². The molecule has 1 heterocycles. The number of hydrogen-bond acceptors (Lipinski definition) is 5. The van der Waals surface area contributed by atoms with E-state index in [1.807, 2.05) is 5.06 Å². The lowest BCUT2D eigenvalue weighted by atomic mass is 10.0. The molecule has 0 spiro atoms. The quantitative estimate of drug-likeness (QED) is 0.0734. The fourth-order valence-corrected chi connectivity index (χ4v) is 5.36. The molecule has 0 bridgehead atoms. The highest BCUT2D eigenvalue weighted by atomic mass is 16.7. The normalized spacial score (nSPS) is 14.7. The summed E-state index contributed by atoms with van der Waals surface area (Å²) in [6.45, 7) is 6.43. The molecule has 0 saturated carbocycles. The molecule has 5 nitrogen and oxygen atoms in total. The van der Waals surface area contributed by atoms with Crippen molar-refractivity contribution >= 4 is 11.8 Å². The highest BCUT2D eigenvalue weighted by Gasteiger charge is 2.20. The number of carbonyl (C=O) groups excluding carboxylic acids is 2. The van der Waals surface area contributed by atoms with Crippen LogP contribution in [0.25, 0.3) is 0 Å². The first-order chi connectivity index (χ1) is 18.7. The van der Waals surface area contributed by atoms with Crippen molar-refractivity contribution in [2.45, 2.75) is 180 Å². The number of ether oxygens (including phenoxy) is 1. The predicted octanol–water partition coefficient (Wildman–Crippen LogP) is 9.51. The zero-order valence-electron chi connectivity index (χ0n) is 25.5. The first-order valence-corrected chi connectivity index (χ1v) is 16.7. The molecule has 0 amide bonds. The lowest BCUT2D eigenvalue weighted by molar-refractivity contribution is -0.163. The number of ketones is 1. The third-order valence-electron chi connectivity index (χ3n) is 7.84. The molecule has 0 aromatic heterocycles. The van der Waals surface area contributed by atoms with Gasteiger partial charge in [-0.3, -0.25) is 14.4 Å². The molecule has 1 aliphatic heterocycles. The molecule has 1 atom stereocenters. The van der Waals surface area contributed by atoms with Crippen LogP contribution in [0.5, 0.6) is 0 Å². The Morgan fingerprint density at radius 2 is 1.08 bits per heavy atom. The smallest absolute Gasteiger partial charge is 0.306 e. The van der Waals surface area contributed by atoms with Gasteiger partial charge in [-0.2, -0.15) is 5.06 Å². The number of hydrogen-bond donors (Lipinski definition) is 0. The van der Waals surface area contributed by atoms with E-state index >= 15 is 0 Å². The minimum atomic E-state index is -0.297. The SMILES string of the molecule is CCCCCCCCCCCCCC(=O)O[C@H](CCCCCCCCCCC)CC(=O)CON1CCCC1. The largest absolute Gasteiger partial charge is 0.462 e. The Balaban J connectivity index is 2.21. The molecule has 0 aliphatic carbocycles. The lowest BCUT2D eigenvalue weighted by Gasteiger charge is -2.19.